The Morgan fingerprint density at radius 1 is 1.38 bits per heavy atom. The molecule has 0 unspecified atom stereocenters. The van der Waals surface area contributed by atoms with Crippen LogP contribution in [0.2, 0.25) is 0 Å². The van der Waals surface area contributed by atoms with E-state index in [-0.39, 0.29) is 0 Å². The van der Waals surface area contributed by atoms with Gasteiger partial charge in [0.25, 0.3) is 0 Å². The molecule has 0 bridgehead atoms. The molecule has 0 radical (unpaired) electrons. The van der Waals surface area contributed by atoms with Crippen molar-refractivity contribution in [3.8, 4) is 0 Å². The fourth-order valence-electron chi connectivity index (χ4n) is 2.29. The van der Waals surface area contributed by atoms with Gasteiger partial charge in [-0.25, -0.2) is 0 Å². The second-order valence-corrected chi connectivity index (χ2v) is 4.90. The Bertz CT molecular complexity index is 317. The molecular formula is C13H21N3. The lowest BCUT2D eigenvalue weighted by Crippen LogP contribution is -2.56. The van der Waals surface area contributed by atoms with E-state index in [1.54, 1.807) is 0 Å². The third-order valence-corrected chi connectivity index (χ3v) is 3.72. The van der Waals surface area contributed by atoms with Crippen LogP contribution in [0.5, 0.6) is 0 Å². The van der Waals surface area contributed by atoms with Crippen molar-refractivity contribution in [3.05, 3.63) is 30.1 Å². The van der Waals surface area contributed by atoms with Crippen molar-refractivity contribution in [1.82, 2.24) is 15.2 Å². The fourth-order valence-corrected chi connectivity index (χ4v) is 2.29. The molecule has 1 saturated carbocycles. The predicted molar refractivity (Wildman–Crippen MR) is 66.2 cm³/mol. The van der Waals surface area contributed by atoms with Gasteiger partial charge in [0.15, 0.2) is 0 Å². The number of likely N-dealkylation sites (N-methyl/N-ethyl adjacent to an activating group) is 1. The van der Waals surface area contributed by atoms with E-state index in [9.17, 15) is 0 Å². The Balaban J connectivity index is 1.79. The SMILES string of the molecule is CN(C)C1(CNCc2ccccn2)CCC1. The fraction of sp³-hybridized carbons (Fsp3) is 0.615. The minimum absolute atomic E-state index is 0.398. The summed E-state index contributed by atoms with van der Waals surface area (Å²) in [6.07, 6.45) is 5.84. The van der Waals surface area contributed by atoms with Crippen LogP contribution in [0.1, 0.15) is 25.0 Å². The summed E-state index contributed by atoms with van der Waals surface area (Å²) in [6, 6.07) is 6.06. The molecular weight excluding hydrogens is 198 g/mol. The molecule has 3 heteroatoms. The van der Waals surface area contributed by atoms with Crippen LogP contribution in [0.3, 0.4) is 0 Å². The van der Waals surface area contributed by atoms with Gasteiger partial charge in [0.2, 0.25) is 0 Å². The van der Waals surface area contributed by atoms with E-state index >= 15 is 0 Å². The van der Waals surface area contributed by atoms with Crippen molar-refractivity contribution in [2.24, 2.45) is 0 Å². The van der Waals surface area contributed by atoms with Crippen molar-refractivity contribution in [2.75, 3.05) is 20.6 Å². The van der Waals surface area contributed by atoms with Gasteiger partial charge in [0.1, 0.15) is 0 Å². The number of nitrogens with one attached hydrogen (secondary N) is 1. The van der Waals surface area contributed by atoms with Gasteiger partial charge in [-0.15, -0.1) is 0 Å². The maximum atomic E-state index is 4.31. The molecule has 0 amide bonds. The topological polar surface area (TPSA) is 28.2 Å². The molecule has 1 aromatic rings. The minimum atomic E-state index is 0.398. The quantitative estimate of drug-likeness (QED) is 0.816. The first kappa shape index (κ1) is 11.6. The monoisotopic (exact) mass is 219 g/mol. The molecule has 2 rings (SSSR count). The van der Waals surface area contributed by atoms with Gasteiger partial charge < -0.3 is 10.2 Å². The predicted octanol–water partition coefficient (Wildman–Crippen LogP) is 1.66. The normalized spacial score (nSPS) is 18.4. The summed E-state index contributed by atoms with van der Waals surface area (Å²) < 4.78 is 0. The lowest BCUT2D eigenvalue weighted by Gasteiger charge is -2.47. The first-order valence-electron chi connectivity index (χ1n) is 6.01. The average molecular weight is 219 g/mol. The average Bonchev–Trinajstić information content (AvgIpc) is 2.23. The van der Waals surface area contributed by atoms with Crippen LogP contribution in [0.15, 0.2) is 24.4 Å². The van der Waals surface area contributed by atoms with E-state index in [4.69, 9.17) is 0 Å². The van der Waals surface area contributed by atoms with Crippen LogP contribution in [-0.2, 0) is 6.54 Å². The molecule has 0 atom stereocenters. The number of rotatable bonds is 5. The third-order valence-electron chi connectivity index (χ3n) is 3.72. The number of pyridine rings is 1. The molecule has 88 valence electrons. The van der Waals surface area contributed by atoms with Gasteiger partial charge in [-0.1, -0.05) is 6.07 Å². The van der Waals surface area contributed by atoms with Crippen molar-refractivity contribution in [1.29, 1.82) is 0 Å². The maximum absolute atomic E-state index is 4.31. The molecule has 1 aliphatic rings. The molecule has 16 heavy (non-hydrogen) atoms. The summed E-state index contributed by atoms with van der Waals surface area (Å²) in [6.45, 7) is 1.94. The van der Waals surface area contributed by atoms with Crippen LogP contribution < -0.4 is 5.32 Å². The second kappa shape index (κ2) is 4.93. The Labute approximate surface area is 97.9 Å². The van der Waals surface area contributed by atoms with Gasteiger partial charge in [-0.3, -0.25) is 4.98 Å². The molecule has 1 N–H and O–H groups in total. The Morgan fingerprint density at radius 2 is 2.19 bits per heavy atom. The van der Waals surface area contributed by atoms with E-state index in [2.05, 4.69) is 35.4 Å². The Kier molecular flexibility index (Phi) is 3.56. The maximum Gasteiger partial charge on any atom is 0.0541 e. The zero-order valence-electron chi connectivity index (χ0n) is 10.2. The lowest BCUT2D eigenvalue weighted by molar-refractivity contribution is 0.0597. The van der Waals surface area contributed by atoms with Crippen LogP contribution in [0.4, 0.5) is 0 Å². The summed E-state index contributed by atoms with van der Waals surface area (Å²) in [7, 11) is 4.36. The molecule has 3 nitrogen and oxygen atoms in total. The van der Waals surface area contributed by atoms with Crippen LogP contribution in [0, 0.1) is 0 Å². The summed E-state index contributed by atoms with van der Waals surface area (Å²) >= 11 is 0. The number of hydrogen-bond acceptors (Lipinski definition) is 3. The van der Waals surface area contributed by atoms with Gasteiger partial charge in [-0.2, -0.15) is 0 Å². The second-order valence-electron chi connectivity index (χ2n) is 4.90. The van der Waals surface area contributed by atoms with E-state index < -0.39 is 0 Å². The lowest BCUT2D eigenvalue weighted by atomic mass is 9.75. The van der Waals surface area contributed by atoms with Crippen molar-refractivity contribution >= 4 is 0 Å². The molecule has 0 spiro atoms. The minimum Gasteiger partial charge on any atom is -0.309 e. The number of aromatic nitrogens is 1. The van der Waals surface area contributed by atoms with Crippen LogP contribution in [0.25, 0.3) is 0 Å². The highest BCUT2D eigenvalue weighted by Gasteiger charge is 2.38. The third kappa shape index (κ3) is 2.42. The van der Waals surface area contributed by atoms with Gasteiger partial charge >= 0.3 is 0 Å². The summed E-state index contributed by atoms with van der Waals surface area (Å²) in [4.78, 5) is 6.67. The smallest absolute Gasteiger partial charge is 0.0541 e. The zero-order valence-corrected chi connectivity index (χ0v) is 10.2. The highest BCUT2D eigenvalue weighted by molar-refractivity contribution is 5.04. The highest BCUT2D eigenvalue weighted by Crippen LogP contribution is 2.35. The highest BCUT2D eigenvalue weighted by atomic mass is 15.2. The van der Waals surface area contributed by atoms with Crippen molar-refractivity contribution in [3.63, 3.8) is 0 Å². The number of nitrogens with zero attached hydrogens (tertiary/aromatic N) is 2. The Morgan fingerprint density at radius 3 is 2.69 bits per heavy atom. The van der Waals surface area contributed by atoms with Crippen molar-refractivity contribution < 1.29 is 0 Å². The number of hydrogen-bond donors (Lipinski definition) is 1. The van der Waals surface area contributed by atoms with Gasteiger partial charge in [-0.05, 0) is 45.5 Å². The van der Waals surface area contributed by atoms with E-state index in [1.807, 2.05) is 18.3 Å². The standard InChI is InChI=1S/C13H21N3/c1-16(2)13(7-5-8-13)11-14-10-12-6-3-4-9-15-12/h3-4,6,9,14H,5,7-8,10-11H2,1-2H3. The molecule has 1 fully saturated rings. The van der Waals surface area contributed by atoms with Crippen molar-refractivity contribution in [2.45, 2.75) is 31.3 Å². The van der Waals surface area contributed by atoms with Crippen LogP contribution in [-0.4, -0.2) is 36.1 Å². The summed E-state index contributed by atoms with van der Waals surface area (Å²) in [5.41, 5.74) is 1.52. The van der Waals surface area contributed by atoms with E-state index in [1.165, 1.54) is 19.3 Å². The molecule has 0 aromatic carbocycles. The zero-order chi connectivity index (χ0) is 11.4. The molecule has 0 saturated heterocycles. The van der Waals surface area contributed by atoms with Gasteiger partial charge in [0, 0.05) is 24.8 Å². The van der Waals surface area contributed by atoms with Gasteiger partial charge in [0.05, 0.1) is 5.69 Å². The van der Waals surface area contributed by atoms with E-state index in [0.29, 0.717) is 5.54 Å². The Hall–Kier alpha value is -0.930. The first-order valence-corrected chi connectivity index (χ1v) is 6.01. The summed E-state index contributed by atoms with van der Waals surface area (Å²) in [5, 5.41) is 3.52. The largest absolute Gasteiger partial charge is 0.309 e. The first-order chi connectivity index (χ1) is 7.73. The molecule has 0 aliphatic heterocycles. The molecule has 1 aliphatic carbocycles. The van der Waals surface area contributed by atoms with Crippen LogP contribution >= 0.6 is 0 Å². The molecule has 1 heterocycles. The van der Waals surface area contributed by atoms with E-state index in [0.717, 1.165) is 18.8 Å². The molecule has 1 aromatic heterocycles. The summed E-state index contributed by atoms with van der Waals surface area (Å²) in [5.74, 6) is 0.